The third-order valence-corrected chi connectivity index (χ3v) is 4.18. The molecule has 0 aliphatic rings. The second-order valence-electron chi connectivity index (χ2n) is 6.33. The summed E-state index contributed by atoms with van der Waals surface area (Å²) in [5.74, 6) is 0.369. The molecule has 0 radical (unpaired) electrons. The topological polar surface area (TPSA) is 67.2 Å². The summed E-state index contributed by atoms with van der Waals surface area (Å²) in [6, 6.07) is 15.0. The van der Waals surface area contributed by atoms with Crippen molar-refractivity contribution in [1.82, 2.24) is 9.78 Å². The van der Waals surface area contributed by atoms with E-state index in [1.807, 2.05) is 61.5 Å². The molecule has 1 amide bonds. The van der Waals surface area contributed by atoms with Crippen molar-refractivity contribution in [2.45, 2.75) is 19.9 Å². The number of hydrogen-bond donors (Lipinski definition) is 1. The van der Waals surface area contributed by atoms with Crippen LogP contribution in [0.5, 0.6) is 0 Å². The Morgan fingerprint density at radius 2 is 1.85 bits per heavy atom. The second kappa shape index (κ2) is 7.39. The summed E-state index contributed by atoms with van der Waals surface area (Å²) >= 11 is 0. The molecule has 1 aromatic heterocycles. The molecule has 26 heavy (non-hydrogen) atoms. The van der Waals surface area contributed by atoms with E-state index >= 15 is 0 Å². The molecule has 0 unspecified atom stereocenters. The van der Waals surface area contributed by atoms with Crippen molar-refractivity contribution in [1.29, 1.82) is 0 Å². The summed E-state index contributed by atoms with van der Waals surface area (Å²) in [7, 11) is 3.72. The highest BCUT2D eigenvalue weighted by Gasteiger charge is 2.14. The molecule has 0 fully saturated rings. The standard InChI is InChI=1S/C20H22N4O2/c1-4-14-8-7-9-15(12-14)21-18(25)13-24-20(26)17-11-6-5-10-16(17)19(22-24)23(2)3/h5-12H,4,13H2,1-3H3,(H,21,25). The number of amides is 1. The number of hydrogen-bond acceptors (Lipinski definition) is 4. The Kier molecular flexibility index (Phi) is 5.02. The van der Waals surface area contributed by atoms with Crippen LogP contribution in [0.1, 0.15) is 12.5 Å². The number of nitrogens with one attached hydrogen (secondary N) is 1. The molecular formula is C20H22N4O2. The van der Waals surface area contributed by atoms with Crippen LogP contribution in [0.25, 0.3) is 10.8 Å². The van der Waals surface area contributed by atoms with E-state index in [0.29, 0.717) is 11.2 Å². The van der Waals surface area contributed by atoms with E-state index in [1.165, 1.54) is 4.68 Å². The molecular weight excluding hydrogens is 328 g/mol. The number of rotatable bonds is 5. The van der Waals surface area contributed by atoms with Gasteiger partial charge in [-0.2, -0.15) is 5.10 Å². The monoisotopic (exact) mass is 350 g/mol. The van der Waals surface area contributed by atoms with Gasteiger partial charge in [0.25, 0.3) is 5.56 Å². The summed E-state index contributed by atoms with van der Waals surface area (Å²) in [4.78, 5) is 27.0. The van der Waals surface area contributed by atoms with E-state index in [9.17, 15) is 9.59 Å². The summed E-state index contributed by atoms with van der Waals surface area (Å²) in [5.41, 5.74) is 1.58. The molecule has 0 aliphatic carbocycles. The van der Waals surface area contributed by atoms with E-state index in [4.69, 9.17) is 0 Å². The quantitative estimate of drug-likeness (QED) is 0.768. The van der Waals surface area contributed by atoms with E-state index in [1.54, 1.807) is 6.07 Å². The lowest BCUT2D eigenvalue weighted by molar-refractivity contribution is -0.117. The highest BCUT2D eigenvalue weighted by molar-refractivity contribution is 5.93. The Hall–Kier alpha value is -3.15. The van der Waals surface area contributed by atoms with Crippen LogP contribution in [0.4, 0.5) is 11.5 Å². The third kappa shape index (κ3) is 3.59. The first-order valence-corrected chi connectivity index (χ1v) is 8.55. The fraction of sp³-hybridized carbons (Fsp3) is 0.250. The molecule has 0 saturated carbocycles. The summed E-state index contributed by atoms with van der Waals surface area (Å²) in [6.07, 6.45) is 0.890. The maximum atomic E-state index is 12.7. The fourth-order valence-electron chi connectivity index (χ4n) is 2.86. The SMILES string of the molecule is CCc1cccc(NC(=O)Cn2nc(N(C)C)c3ccccc3c2=O)c1. The predicted molar refractivity (Wildman–Crippen MR) is 105 cm³/mol. The Balaban J connectivity index is 1.91. The Morgan fingerprint density at radius 1 is 1.12 bits per heavy atom. The van der Waals surface area contributed by atoms with Gasteiger partial charge < -0.3 is 10.2 Å². The minimum Gasteiger partial charge on any atom is -0.361 e. The summed E-state index contributed by atoms with van der Waals surface area (Å²) in [5, 5.41) is 8.54. The second-order valence-corrected chi connectivity index (χ2v) is 6.33. The van der Waals surface area contributed by atoms with Crippen molar-refractivity contribution in [3.05, 3.63) is 64.4 Å². The molecule has 134 valence electrons. The number of fused-ring (bicyclic) bond motifs is 1. The highest BCUT2D eigenvalue weighted by Crippen LogP contribution is 2.19. The van der Waals surface area contributed by atoms with E-state index in [-0.39, 0.29) is 18.0 Å². The molecule has 0 atom stereocenters. The summed E-state index contributed by atoms with van der Waals surface area (Å²) in [6.45, 7) is 1.92. The molecule has 1 N–H and O–H groups in total. The van der Waals surface area contributed by atoms with Crippen molar-refractivity contribution in [2.24, 2.45) is 0 Å². The zero-order valence-electron chi connectivity index (χ0n) is 15.2. The van der Waals surface area contributed by atoms with Crippen molar-refractivity contribution >= 4 is 28.2 Å². The van der Waals surface area contributed by atoms with Gasteiger partial charge in [0.05, 0.1) is 5.39 Å². The van der Waals surface area contributed by atoms with Gasteiger partial charge in [-0.15, -0.1) is 0 Å². The van der Waals surface area contributed by atoms with Gasteiger partial charge in [0.2, 0.25) is 5.91 Å². The lowest BCUT2D eigenvalue weighted by Crippen LogP contribution is -2.31. The molecule has 0 aliphatic heterocycles. The van der Waals surface area contributed by atoms with Gasteiger partial charge in [0.1, 0.15) is 6.54 Å². The van der Waals surface area contributed by atoms with Gasteiger partial charge in [-0.3, -0.25) is 9.59 Å². The zero-order valence-corrected chi connectivity index (χ0v) is 15.2. The van der Waals surface area contributed by atoms with Crippen LogP contribution >= 0.6 is 0 Å². The maximum absolute atomic E-state index is 12.7. The third-order valence-electron chi connectivity index (χ3n) is 4.18. The van der Waals surface area contributed by atoms with Crippen molar-refractivity contribution < 1.29 is 4.79 Å². The molecule has 3 rings (SSSR count). The largest absolute Gasteiger partial charge is 0.361 e. The van der Waals surface area contributed by atoms with E-state index in [2.05, 4.69) is 17.3 Å². The van der Waals surface area contributed by atoms with Crippen molar-refractivity contribution in [2.75, 3.05) is 24.3 Å². The number of carbonyl (C=O) groups excluding carboxylic acids is 1. The lowest BCUT2D eigenvalue weighted by Gasteiger charge is -2.16. The smallest absolute Gasteiger partial charge is 0.275 e. The van der Waals surface area contributed by atoms with Gasteiger partial charge >= 0.3 is 0 Å². The normalized spacial score (nSPS) is 10.7. The van der Waals surface area contributed by atoms with E-state index < -0.39 is 0 Å². The zero-order chi connectivity index (χ0) is 18.7. The minimum atomic E-state index is -0.284. The molecule has 6 heteroatoms. The van der Waals surface area contributed by atoms with Gasteiger partial charge in [-0.25, -0.2) is 4.68 Å². The van der Waals surface area contributed by atoms with Crippen LogP contribution in [0.15, 0.2) is 53.3 Å². The van der Waals surface area contributed by atoms with Gasteiger partial charge in [-0.1, -0.05) is 37.3 Å². The van der Waals surface area contributed by atoms with Crippen LogP contribution in [-0.2, 0) is 17.8 Å². The van der Waals surface area contributed by atoms with Gasteiger partial charge in [0.15, 0.2) is 5.82 Å². The average molecular weight is 350 g/mol. The summed E-state index contributed by atoms with van der Waals surface area (Å²) < 4.78 is 1.22. The number of aromatic nitrogens is 2. The number of carbonyl (C=O) groups is 1. The molecule has 0 bridgehead atoms. The van der Waals surface area contributed by atoms with Crippen LogP contribution in [0.3, 0.4) is 0 Å². The fourth-order valence-corrected chi connectivity index (χ4v) is 2.86. The van der Waals surface area contributed by atoms with Crippen LogP contribution in [0, 0.1) is 0 Å². The molecule has 1 heterocycles. The highest BCUT2D eigenvalue weighted by atomic mass is 16.2. The van der Waals surface area contributed by atoms with Crippen molar-refractivity contribution in [3.63, 3.8) is 0 Å². The number of nitrogens with zero attached hydrogens (tertiary/aromatic N) is 3. The first-order chi connectivity index (χ1) is 12.5. The minimum absolute atomic E-state index is 0.138. The van der Waals surface area contributed by atoms with Gasteiger partial charge in [-0.05, 0) is 30.2 Å². The molecule has 2 aromatic carbocycles. The first-order valence-electron chi connectivity index (χ1n) is 8.55. The van der Waals surface area contributed by atoms with E-state index in [0.717, 1.165) is 23.1 Å². The predicted octanol–water partition coefficient (Wildman–Crippen LogP) is 2.66. The van der Waals surface area contributed by atoms with Crippen LogP contribution in [-0.4, -0.2) is 29.8 Å². The number of aryl methyl sites for hydroxylation is 1. The maximum Gasteiger partial charge on any atom is 0.275 e. The molecule has 6 nitrogen and oxygen atoms in total. The van der Waals surface area contributed by atoms with Crippen molar-refractivity contribution in [3.8, 4) is 0 Å². The first kappa shape index (κ1) is 17.7. The molecule has 0 spiro atoms. The molecule has 0 saturated heterocycles. The van der Waals surface area contributed by atoms with Gasteiger partial charge in [0, 0.05) is 25.2 Å². The van der Waals surface area contributed by atoms with Crippen LogP contribution in [0.2, 0.25) is 0 Å². The Labute approximate surface area is 152 Å². The number of anilines is 2. The molecule has 3 aromatic rings. The average Bonchev–Trinajstić information content (AvgIpc) is 2.64. The van der Waals surface area contributed by atoms with Crippen LogP contribution < -0.4 is 15.8 Å². The Bertz CT molecular complexity index is 1010. The number of benzene rings is 2. The Morgan fingerprint density at radius 3 is 2.54 bits per heavy atom. The lowest BCUT2D eigenvalue weighted by atomic mass is 10.1.